The normalized spacial score (nSPS) is 28.4. The smallest absolute Gasteiger partial charge is 0.413 e. The van der Waals surface area contributed by atoms with Crippen LogP contribution in [0.2, 0.25) is 55.9 Å². The van der Waals surface area contributed by atoms with Gasteiger partial charge in [-0.2, -0.15) is 13.2 Å². The standard InChI is InChI=1S/C43H76F3NO4Si3/c1-30(29-47-38(48)28-42(10,43(44,45)46)51-52(11,12)13)35-21-18-22-36-32(20-19-25-41(35,36)9)23-24-33-26-34(49-53(14,15)39(3,4)5)27-37(31(33)2)50-54(16,17)40(6,7)8/h21,23-24,30,34,36-37H,2,18-20,22,25-29H2,1,3-17H3,(H,47,48)/t30?,34?,36-,37-,41+,42-/m0/s1. The fourth-order valence-electron chi connectivity index (χ4n) is 8.25. The second-order valence-corrected chi connectivity index (χ2v) is 35.1. The van der Waals surface area contributed by atoms with Gasteiger partial charge in [0.25, 0.3) is 0 Å². The monoisotopic (exact) mass is 812 g/mol. The summed E-state index contributed by atoms with van der Waals surface area (Å²) in [6, 6.07) is 0. The average Bonchev–Trinajstić information content (AvgIpc) is 2.97. The van der Waals surface area contributed by atoms with E-state index < -0.39 is 49.1 Å². The summed E-state index contributed by atoms with van der Waals surface area (Å²) in [7, 11) is -6.67. The number of hydrogen-bond donors (Lipinski definition) is 1. The third-order valence-corrected chi connectivity index (χ3v) is 23.4. The molecule has 0 radical (unpaired) electrons. The van der Waals surface area contributed by atoms with Crippen molar-refractivity contribution in [3.63, 3.8) is 0 Å². The molecule has 310 valence electrons. The average molecular weight is 812 g/mol. The summed E-state index contributed by atoms with van der Waals surface area (Å²) in [6.07, 6.45) is 8.41. The van der Waals surface area contributed by atoms with E-state index in [1.54, 1.807) is 19.6 Å². The Morgan fingerprint density at radius 1 is 0.981 bits per heavy atom. The van der Waals surface area contributed by atoms with E-state index in [0.29, 0.717) is 12.5 Å². The molecule has 0 aromatic carbocycles. The molecular weight excluding hydrogens is 736 g/mol. The summed E-state index contributed by atoms with van der Waals surface area (Å²) in [5, 5.41) is 3.04. The molecule has 0 aromatic heterocycles. The molecule has 1 N–H and O–H groups in total. The van der Waals surface area contributed by atoms with Gasteiger partial charge in [0.15, 0.2) is 30.6 Å². The third-order valence-electron chi connectivity index (χ3n) is 13.4. The van der Waals surface area contributed by atoms with Crippen LogP contribution in [0.4, 0.5) is 13.2 Å². The van der Waals surface area contributed by atoms with Crippen LogP contribution in [0.25, 0.3) is 0 Å². The lowest BCUT2D eigenvalue weighted by Crippen LogP contribution is -2.53. The van der Waals surface area contributed by atoms with Crippen molar-refractivity contribution in [2.24, 2.45) is 17.3 Å². The van der Waals surface area contributed by atoms with Crippen LogP contribution in [-0.4, -0.2) is 61.4 Å². The summed E-state index contributed by atoms with van der Waals surface area (Å²) < 4.78 is 62.0. The van der Waals surface area contributed by atoms with Crippen LogP contribution in [0.5, 0.6) is 0 Å². The maximum atomic E-state index is 14.1. The molecule has 1 amide bonds. The summed E-state index contributed by atoms with van der Waals surface area (Å²) in [6.45, 7) is 38.5. The van der Waals surface area contributed by atoms with Crippen molar-refractivity contribution in [1.82, 2.24) is 5.32 Å². The first-order chi connectivity index (χ1) is 24.2. The zero-order chi connectivity index (χ0) is 41.5. The first-order valence-electron chi connectivity index (χ1n) is 20.4. The van der Waals surface area contributed by atoms with E-state index in [1.165, 1.54) is 16.7 Å². The molecule has 0 aliphatic heterocycles. The highest BCUT2D eigenvalue weighted by atomic mass is 28.4. The first kappa shape index (κ1) is 47.1. The largest absolute Gasteiger partial charge is 0.416 e. The number of carbonyl (C=O) groups is 1. The zero-order valence-corrected chi connectivity index (χ0v) is 39.9. The highest BCUT2D eigenvalue weighted by Crippen LogP contribution is 2.55. The van der Waals surface area contributed by atoms with Crippen molar-refractivity contribution < 1.29 is 31.2 Å². The quantitative estimate of drug-likeness (QED) is 0.158. The molecule has 0 spiro atoms. The lowest BCUT2D eigenvalue weighted by Gasteiger charge is -2.49. The number of fused-ring (bicyclic) bond motifs is 1. The van der Waals surface area contributed by atoms with Gasteiger partial charge >= 0.3 is 6.18 Å². The number of allylic oxidation sites excluding steroid dienone is 4. The van der Waals surface area contributed by atoms with Crippen LogP contribution < -0.4 is 5.32 Å². The number of amides is 1. The second-order valence-electron chi connectivity index (χ2n) is 21.2. The van der Waals surface area contributed by atoms with Gasteiger partial charge in [-0.25, -0.2) is 0 Å². The van der Waals surface area contributed by atoms with Crippen LogP contribution in [-0.2, 0) is 18.1 Å². The van der Waals surface area contributed by atoms with Gasteiger partial charge in [-0.15, -0.1) is 0 Å². The Balaban J connectivity index is 1.86. The van der Waals surface area contributed by atoms with Gasteiger partial charge in [0.1, 0.15) is 0 Å². The minimum absolute atomic E-state index is 0.00545. The van der Waals surface area contributed by atoms with E-state index in [9.17, 15) is 18.0 Å². The minimum atomic E-state index is -4.65. The molecule has 0 heterocycles. The van der Waals surface area contributed by atoms with Crippen molar-refractivity contribution >= 4 is 30.9 Å². The molecule has 3 aliphatic rings. The molecule has 0 saturated heterocycles. The van der Waals surface area contributed by atoms with Crippen LogP contribution in [0, 0.1) is 17.3 Å². The van der Waals surface area contributed by atoms with Gasteiger partial charge in [0.05, 0.1) is 18.6 Å². The number of alkyl halides is 3. The van der Waals surface area contributed by atoms with Crippen molar-refractivity contribution in [2.75, 3.05) is 6.54 Å². The summed E-state index contributed by atoms with van der Waals surface area (Å²) in [5.74, 6) is -0.280. The minimum Gasteiger partial charge on any atom is -0.413 e. The Morgan fingerprint density at radius 3 is 2.09 bits per heavy atom. The summed E-state index contributed by atoms with van der Waals surface area (Å²) >= 11 is 0. The van der Waals surface area contributed by atoms with E-state index >= 15 is 0 Å². The molecule has 0 aromatic rings. The number of hydrogen-bond acceptors (Lipinski definition) is 4. The molecule has 5 nitrogen and oxygen atoms in total. The SMILES string of the molecule is C=C1C(=CC=C2CCC[C@]3(C)C(C(C)CNC(=O)C[C@](C)(O[Si](C)(C)C)C(F)(F)F)=CCC[C@@H]23)CC(O[Si](C)(C)C(C)(C)C)C[C@@H]1O[Si](C)(C)C(C)(C)C. The lowest BCUT2D eigenvalue weighted by molar-refractivity contribution is -0.246. The number of rotatable bonds is 12. The fraction of sp³-hybridized carbons (Fsp3) is 0.791. The first-order valence-corrected chi connectivity index (χ1v) is 29.6. The number of carbonyl (C=O) groups excluding carboxylic acids is 1. The van der Waals surface area contributed by atoms with Gasteiger partial charge in [0.2, 0.25) is 5.91 Å². The third kappa shape index (κ3) is 11.2. The Bertz CT molecular complexity index is 1460. The molecule has 2 unspecified atom stereocenters. The van der Waals surface area contributed by atoms with E-state index in [0.717, 1.165) is 57.4 Å². The summed E-state index contributed by atoms with van der Waals surface area (Å²) in [4.78, 5) is 13.0. The molecule has 11 heteroatoms. The Labute approximate surface area is 330 Å². The van der Waals surface area contributed by atoms with E-state index in [2.05, 4.69) is 112 Å². The van der Waals surface area contributed by atoms with E-state index in [-0.39, 0.29) is 33.6 Å². The predicted octanol–water partition coefficient (Wildman–Crippen LogP) is 12.8. The molecule has 2 saturated carbocycles. The molecule has 54 heavy (non-hydrogen) atoms. The van der Waals surface area contributed by atoms with Crippen molar-refractivity contribution in [1.29, 1.82) is 0 Å². The van der Waals surface area contributed by atoms with Gasteiger partial charge in [-0.05, 0) is 130 Å². The predicted molar refractivity (Wildman–Crippen MR) is 227 cm³/mol. The van der Waals surface area contributed by atoms with Gasteiger partial charge in [-0.3, -0.25) is 4.79 Å². The topological polar surface area (TPSA) is 56.8 Å². The Kier molecular flexibility index (Phi) is 14.4. The van der Waals surface area contributed by atoms with Gasteiger partial charge < -0.3 is 18.6 Å². The van der Waals surface area contributed by atoms with Crippen LogP contribution >= 0.6 is 0 Å². The van der Waals surface area contributed by atoms with Crippen LogP contribution in [0.15, 0.2) is 47.1 Å². The molecule has 6 atom stereocenters. The number of nitrogens with one attached hydrogen (secondary N) is 1. The molecule has 3 aliphatic carbocycles. The van der Waals surface area contributed by atoms with E-state index in [1.807, 2.05) is 0 Å². The second kappa shape index (κ2) is 16.5. The molecule has 2 fully saturated rings. The van der Waals surface area contributed by atoms with Gasteiger partial charge in [0, 0.05) is 13.0 Å². The van der Waals surface area contributed by atoms with Crippen molar-refractivity contribution in [3.05, 3.63) is 47.1 Å². The Morgan fingerprint density at radius 2 is 1.56 bits per heavy atom. The maximum Gasteiger partial charge on any atom is 0.416 e. The van der Waals surface area contributed by atoms with Gasteiger partial charge in [-0.1, -0.05) is 91.3 Å². The number of halogens is 3. The highest BCUT2D eigenvalue weighted by molar-refractivity contribution is 6.74. The molecular formula is C43H76F3NO4Si3. The molecule has 0 bridgehead atoms. The maximum absolute atomic E-state index is 14.1. The van der Waals surface area contributed by atoms with Crippen molar-refractivity contribution in [2.45, 2.75) is 194 Å². The Hall–Kier alpha value is -1.25. The fourth-order valence-corrected chi connectivity index (χ4v) is 12.5. The lowest BCUT2D eigenvalue weighted by atomic mass is 9.56. The van der Waals surface area contributed by atoms with Crippen LogP contribution in [0.3, 0.4) is 0 Å². The zero-order valence-electron chi connectivity index (χ0n) is 36.9. The summed E-state index contributed by atoms with van der Waals surface area (Å²) in [5.41, 5.74) is 2.46. The molecule has 3 rings (SSSR count). The van der Waals surface area contributed by atoms with E-state index in [4.69, 9.17) is 13.3 Å². The van der Waals surface area contributed by atoms with Crippen LogP contribution in [0.1, 0.15) is 114 Å². The highest BCUT2D eigenvalue weighted by Gasteiger charge is 2.55. The van der Waals surface area contributed by atoms with Crippen molar-refractivity contribution in [3.8, 4) is 0 Å².